The third-order valence-corrected chi connectivity index (χ3v) is 2.01. The molecule has 1 fully saturated rings. The van der Waals surface area contributed by atoms with Gasteiger partial charge in [0.05, 0.1) is 6.17 Å². The normalized spacial score (nSPS) is 25.0. The van der Waals surface area contributed by atoms with Crippen LogP contribution in [-0.4, -0.2) is 30.6 Å². The zero-order chi connectivity index (χ0) is 8.27. The third-order valence-electron chi connectivity index (χ3n) is 2.01. The summed E-state index contributed by atoms with van der Waals surface area (Å²) >= 11 is 0. The SMILES string of the molecule is C=CC(=O)NC1CCCN1C. The second-order valence-corrected chi connectivity index (χ2v) is 2.85. The Morgan fingerprint density at radius 1 is 1.82 bits per heavy atom. The topological polar surface area (TPSA) is 32.3 Å². The molecule has 1 heterocycles. The first-order valence-corrected chi connectivity index (χ1v) is 3.87. The molecule has 3 nitrogen and oxygen atoms in total. The van der Waals surface area contributed by atoms with Crippen molar-refractivity contribution in [3.63, 3.8) is 0 Å². The molecule has 1 N–H and O–H groups in total. The lowest BCUT2D eigenvalue weighted by Crippen LogP contribution is -2.41. The second-order valence-electron chi connectivity index (χ2n) is 2.85. The molecule has 1 aliphatic heterocycles. The van der Waals surface area contributed by atoms with Gasteiger partial charge in [-0.3, -0.25) is 9.69 Å². The number of hydrogen-bond acceptors (Lipinski definition) is 2. The van der Waals surface area contributed by atoms with Crippen LogP contribution in [-0.2, 0) is 4.79 Å². The summed E-state index contributed by atoms with van der Waals surface area (Å²) in [6.45, 7) is 4.47. The zero-order valence-corrected chi connectivity index (χ0v) is 6.84. The van der Waals surface area contributed by atoms with Gasteiger partial charge >= 0.3 is 0 Å². The molecule has 0 saturated carbocycles. The highest BCUT2D eigenvalue weighted by atomic mass is 16.1. The van der Waals surface area contributed by atoms with Gasteiger partial charge in [0.15, 0.2) is 0 Å². The number of hydrogen-bond donors (Lipinski definition) is 1. The van der Waals surface area contributed by atoms with Crippen LogP contribution < -0.4 is 5.32 Å². The summed E-state index contributed by atoms with van der Waals surface area (Å²) in [5.74, 6) is -0.0799. The van der Waals surface area contributed by atoms with Crippen LogP contribution in [0.4, 0.5) is 0 Å². The highest BCUT2D eigenvalue weighted by Crippen LogP contribution is 2.11. The van der Waals surface area contributed by atoms with Gasteiger partial charge in [-0.05, 0) is 32.5 Å². The Morgan fingerprint density at radius 3 is 3.00 bits per heavy atom. The minimum atomic E-state index is -0.0799. The molecule has 1 rings (SSSR count). The lowest BCUT2D eigenvalue weighted by atomic mass is 10.3. The number of nitrogens with zero attached hydrogens (tertiary/aromatic N) is 1. The minimum Gasteiger partial charge on any atom is -0.337 e. The molecule has 0 aromatic rings. The first-order chi connectivity index (χ1) is 5.24. The summed E-state index contributed by atoms with van der Waals surface area (Å²) in [6.07, 6.45) is 3.75. The lowest BCUT2D eigenvalue weighted by molar-refractivity contribution is -0.117. The highest BCUT2D eigenvalue weighted by molar-refractivity contribution is 5.87. The van der Waals surface area contributed by atoms with Crippen molar-refractivity contribution < 1.29 is 4.79 Å². The maximum absolute atomic E-state index is 10.9. The van der Waals surface area contributed by atoms with Gasteiger partial charge in [-0.25, -0.2) is 0 Å². The van der Waals surface area contributed by atoms with Gasteiger partial charge in [-0.1, -0.05) is 6.58 Å². The Hall–Kier alpha value is -0.830. The summed E-state index contributed by atoms with van der Waals surface area (Å²) in [5.41, 5.74) is 0. The Balaban J connectivity index is 2.36. The van der Waals surface area contributed by atoms with E-state index < -0.39 is 0 Å². The quantitative estimate of drug-likeness (QED) is 0.582. The Morgan fingerprint density at radius 2 is 2.55 bits per heavy atom. The maximum atomic E-state index is 10.9. The molecular weight excluding hydrogens is 140 g/mol. The van der Waals surface area contributed by atoms with Crippen LogP contribution in [0, 0.1) is 0 Å². The average Bonchev–Trinajstić information content (AvgIpc) is 2.37. The number of carbonyl (C=O) groups is 1. The first-order valence-electron chi connectivity index (χ1n) is 3.87. The predicted octanol–water partition coefficient (Wildman–Crippen LogP) is 0.340. The Labute approximate surface area is 67.1 Å². The molecule has 62 valence electrons. The molecule has 1 saturated heterocycles. The molecule has 0 aliphatic carbocycles. The summed E-state index contributed by atoms with van der Waals surface area (Å²) in [4.78, 5) is 13.0. The molecule has 3 heteroatoms. The molecule has 11 heavy (non-hydrogen) atoms. The van der Waals surface area contributed by atoms with Gasteiger partial charge < -0.3 is 5.32 Å². The fraction of sp³-hybridized carbons (Fsp3) is 0.625. The second kappa shape index (κ2) is 3.53. The van der Waals surface area contributed by atoms with Crippen molar-refractivity contribution >= 4 is 5.91 Å². The Kier molecular flexibility index (Phi) is 2.65. The van der Waals surface area contributed by atoms with E-state index in [2.05, 4.69) is 16.8 Å². The van der Waals surface area contributed by atoms with Gasteiger partial charge in [-0.2, -0.15) is 0 Å². The number of amides is 1. The summed E-state index contributed by atoms with van der Waals surface area (Å²) in [5, 5.41) is 2.85. The molecule has 0 bridgehead atoms. The largest absolute Gasteiger partial charge is 0.337 e. The van der Waals surface area contributed by atoms with E-state index in [1.54, 1.807) is 0 Å². The van der Waals surface area contributed by atoms with E-state index in [9.17, 15) is 4.79 Å². The van der Waals surface area contributed by atoms with E-state index in [-0.39, 0.29) is 12.1 Å². The standard InChI is InChI=1S/C8H14N2O/c1-3-8(11)9-7-5-4-6-10(7)2/h3,7H,1,4-6H2,2H3,(H,9,11). The molecule has 1 amide bonds. The Bertz CT molecular complexity index is 167. The molecule has 0 radical (unpaired) electrons. The van der Waals surface area contributed by atoms with Gasteiger partial charge in [-0.15, -0.1) is 0 Å². The summed E-state index contributed by atoms with van der Waals surface area (Å²) in [7, 11) is 2.01. The first kappa shape index (κ1) is 8.27. The fourth-order valence-corrected chi connectivity index (χ4v) is 1.32. The van der Waals surface area contributed by atoms with Gasteiger partial charge in [0.2, 0.25) is 5.91 Å². The summed E-state index contributed by atoms with van der Waals surface area (Å²) < 4.78 is 0. The molecule has 1 unspecified atom stereocenters. The van der Waals surface area contributed by atoms with Crippen LogP contribution in [0.3, 0.4) is 0 Å². The van der Waals surface area contributed by atoms with Crippen molar-refractivity contribution in [3.8, 4) is 0 Å². The highest BCUT2D eigenvalue weighted by Gasteiger charge is 2.20. The molecule has 0 aromatic heterocycles. The molecule has 1 atom stereocenters. The van der Waals surface area contributed by atoms with Crippen molar-refractivity contribution in [1.82, 2.24) is 10.2 Å². The third kappa shape index (κ3) is 2.05. The van der Waals surface area contributed by atoms with E-state index in [0.717, 1.165) is 13.0 Å². The maximum Gasteiger partial charge on any atom is 0.244 e. The van der Waals surface area contributed by atoms with Gasteiger partial charge in [0, 0.05) is 0 Å². The van der Waals surface area contributed by atoms with Crippen LogP contribution in [0.15, 0.2) is 12.7 Å². The number of rotatable bonds is 2. The predicted molar refractivity (Wildman–Crippen MR) is 44.0 cm³/mol. The average molecular weight is 154 g/mol. The van der Waals surface area contributed by atoms with E-state index >= 15 is 0 Å². The molecular formula is C8H14N2O. The van der Waals surface area contributed by atoms with Gasteiger partial charge in [0.1, 0.15) is 0 Å². The van der Waals surface area contributed by atoms with Crippen LogP contribution in [0.1, 0.15) is 12.8 Å². The van der Waals surface area contributed by atoms with E-state index in [0.29, 0.717) is 0 Å². The van der Waals surface area contributed by atoms with E-state index in [1.165, 1.54) is 12.5 Å². The molecule has 0 aromatic carbocycles. The van der Waals surface area contributed by atoms with Crippen molar-refractivity contribution in [1.29, 1.82) is 0 Å². The van der Waals surface area contributed by atoms with Crippen molar-refractivity contribution in [2.75, 3.05) is 13.6 Å². The summed E-state index contributed by atoms with van der Waals surface area (Å²) in [6, 6.07) is 0. The minimum absolute atomic E-state index is 0.0799. The van der Waals surface area contributed by atoms with E-state index in [1.807, 2.05) is 7.05 Å². The van der Waals surface area contributed by atoms with Crippen molar-refractivity contribution in [2.45, 2.75) is 19.0 Å². The smallest absolute Gasteiger partial charge is 0.244 e. The van der Waals surface area contributed by atoms with Crippen LogP contribution in [0.5, 0.6) is 0 Å². The number of likely N-dealkylation sites (tertiary alicyclic amines) is 1. The fourth-order valence-electron chi connectivity index (χ4n) is 1.32. The van der Waals surface area contributed by atoms with Gasteiger partial charge in [0.25, 0.3) is 0 Å². The number of nitrogens with one attached hydrogen (secondary N) is 1. The van der Waals surface area contributed by atoms with Crippen LogP contribution >= 0.6 is 0 Å². The van der Waals surface area contributed by atoms with Crippen molar-refractivity contribution in [3.05, 3.63) is 12.7 Å². The molecule has 1 aliphatic rings. The number of carbonyl (C=O) groups excluding carboxylic acids is 1. The lowest BCUT2D eigenvalue weighted by Gasteiger charge is -2.19. The van der Waals surface area contributed by atoms with Crippen LogP contribution in [0.2, 0.25) is 0 Å². The monoisotopic (exact) mass is 154 g/mol. The zero-order valence-electron chi connectivity index (χ0n) is 6.84. The van der Waals surface area contributed by atoms with E-state index in [4.69, 9.17) is 0 Å². The van der Waals surface area contributed by atoms with Crippen molar-refractivity contribution in [2.24, 2.45) is 0 Å². The molecule has 0 spiro atoms. The van der Waals surface area contributed by atoms with Crippen LogP contribution in [0.25, 0.3) is 0 Å².